The van der Waals surface area contributed by atoms with Crippen LogP contribution in [0, 0.1) is 5.92 Å². The predicted molar refractivity (Wildman–Crippen MR) is 238 cm³/mol. The summed E-state index contributed by atoms with van der Waals surface area (Å²) in [5.74, 6) is 0.0366. The van der Waals surface area contributed by atoms with E-state index in [2.05, 4.69) is 30.8 Å². The smallest absolute Gasteiger partial charge is 0.408 e. The number of aromatic amines is 1. The molecular weight excluding hydrogens is 817 g/mol. The minimum absolute atomic E-state index is 0.0355. The first-order valence-electron chi connectivity index (χ1n) is 21.4. The largest absolute Gasteiger partial charge is 0.506 e. The third kappa shape index (κ3) is 10.9. The van der Waals surface area contributed by atoms with Crippen molar-refractivity contribution in [2.75, 3.05) is 39.3 Å². The van der Waals surface area contributed by atoms with Crippen LogP contribution in [0.1, 0.15) is 73.7 Å². The van der Waals surface area contributed by atoms with Crippen molar-refractivity contribution in [1.82, 2.24) is 30.8 Å². The Kier molecular flexibility index (Phi) is 13.9. The molecule has 0 unspecified atom stereocenters. The summed E-state index contributed by atoms with van der Waals surface area (Å²) in [4.78, 5) is 59.7. The number of ether oxygens (including phenoxy) is 3. The zero-order chi connectivity index (χ0) is 44.4. The molecule has 3 saturated heterocycles. The molecule has 15 heteroatoms. The number of esters is 1. The molecule has 330 valence electrons. The Morgan fingerprint density at radius 2 is 1.66 bits per heavy atom. The van der Waals surface area contributed by atoms with Gasteiger partial charge in [0.25, 0.3) is 5.91 Å². The van der Waals surface area contributed by atoms with Gasteiger partial charge in [-0.05, 0) is 103 Å². The molecule has 3 atom stereocenters. The Morgan fingerprint density at radius 1 is 0.875 bits per heavy atom. The number of pyridine rings is 2. The Balaban J connectivity index is 0.758. The number of hydrogen-bond acceptors (Lipinski definition) is 12. The van der Waals surface area contributed by atoms with Crippen LogP contribution in [0.25, 0.3) is 10.9 Å². The lowest BCUT2D eigenvalue weighted by Gasteiger charge is -2.43. The molecule has 3 aliphatic heterocycles. The lowest BCUT2D eigenvalue weighted by molar-refractivity contribution is -0.0336. The summed E-state index contributed by atoms with van der Waals surface area (Å²) < 4.78 is 17.5. The molecule has 3 fully saturated rings. The van der Waals surface area contributed by atoms with Gasteiger partial charge in [-0.25, -0.2) is 9.59 Å². The van der Waals surface area contributed by atoms with Crippen molar-refractivity contribution < 1.29 is 38.8 Å². The van der Waals surface area contributed by atoms with Crippen molar-refractivity contribution in [3.8, 4) is 11.5 Å². The van der Waals surface area contributed by atoms with Gasteiger partial charge in [0.05, 0.1) is 41.0 Å². The van der Waals surface area contributed by atoms with Crippen LogP contribution in [0.2, 0.25) is 0 Å². The molecule has 4 aromatic carbocycles. The second kappa shape index (κ2) is 20.4. The second-order valence-electron chi connectivity index (χ2n) is 16.0. The first-order valence-corrected chi connectivity index (χ1v) is 21.4. The predicted octanol–water partition coefficient (Wildman–Crippen LogP) is 5.53. The van der Waals surface area contributed by atoms with E-state index >= 15 is 0 Å². The van der Waals surface area contributed by atoms with Crippen LogP contribution in [0.15, 0.2) is 126 Å². The molecule has 9 rings (SSSR count). The lowest BCUT2D eigenvalue weighted by atomic mass is 9.86. The number of fused-ring (bicyclic) bond motifs is 4. The number of H-pyrrole nitrogens is 1. The molecule has 6 aromatic rings. The number of carbonyl (C=O) groups excluding carboxylic acids is 3. The van der Waals surface area contributed by atoms with Gasteiger partial charge >= 0.3 is 12.1 Å². The number of carbonyl (C=O) groups is 3. The molecule has 0 aliphatic carbocycles. The maximum absolute atomic E-state index is 13.2. The molecule has 2 aromatic heterocycles. The maximum Gasteiger partial charge on any atom is 0.408 e. The Morgan fingerprint density at radius 3 is 2.41 bits per heavy atom. The van der Waals surface area contributed by atoms with Gasteiger partial charge in [0.15, 0.2) is 0 Å². The van der Waals surface area contributed by atoms with Crippen molar-refractivity contribution in [3.63, 3.8) is 0 Å². The summed E-state index contributed by atoms with van der Waals surface area (Å²) in [7, 11) is 0. The number of phenolic OH excluding ortho intramolecular Hbond substituents is 1. The van der Waals surface area contributed by atoms with E-state index in [1.54, 1.807) is 48.5 Å². The summed E-state index contributed by atoms with van der Waals surface area (Å²) in [5.41, 5.74) is 4.38. The monoisotopic (exact) mass is 866 g/mol. The number of aromatic nitrogens is 2. The Bertz CT molecular complexity index is 2620. The van der Waals surface area contributed by atoms with Crippen molar-refractivity contribution >= 4 is 28.9 Å². The van der Waals surface area contributed by atoms with E-state index in [-0.39, 0.29) is 55.1 Å². The SMILES string of the molecule is O=C(N[C@@H](c1ccccc1)c1cccc(OCc2ccc(C(=O)OCCNC(=O)c3ccc(CNC[C@H](O)c4ccc(O)c5[nH]c(=O)ccc45)nc3)cc2)c1)O[C@H]1CN2CCC1CC2. The summed E-state index contributed by atoms with van der Waals surface area (Å²) in [5, 5.41) is 30.4. The fraction of sp³-hybridized carbons (Fsp3) is 0.286. The number of nitrogens with one attached hydrogen (secondary N) is 4. The van der Waals surface area contributed by atoms with Crippen LogP contribution in [-0.4, -0.2) is 88.5 Å². The van der Waals surface area contributed by atoms with Gasteiger partial charge < -0.3 is 45.4 Å². The van der Waals surface area contributed by atoms with Crippen molar-refractivity contribution in [2.45, 2.75) is 44.2 Å². The van der Waals surface area contributed by atoms with Crippen LogP contribution >= 0.6 is 0 Å². The number of alkyl carbamates (subject to hydrolysis) is 1. The molecule has 15 nitrogen and oxygen atoms in total. The number of aliphatic hydroxyl groups excluding tert-OH is 1. The number of hydrogen-bond donors (Lipinski definition) is 6. The molecule has 3 aliphatic rings. The molecule has 0 spiro atoms. The third-order valence-electron chi connectivity index (χ3n) is 11.7. The summed E-state index contributed by atoms with van der Waals surface area (Å²) >= 11 is 0. The zero-order valence-corrected chi connectivity index (χ0v) is 35.1. The van der Waals surface area contributed by atoms with E-state index in [0.717, 1.165) is 49.2 Å². The standard InChI is InChI=1S/C49H50N6O9/c56-41-17-15-39(40-16-18-44(58)53-46(40)41)42(57)28-50-27-37-14-13-36(26-52-37)47(59)51-21-24-62-48(60)34-11-9-31(10-12-34)30-63-38-8-4-7-35(25-38)45(33-5-2-1-3-6-33)54-49(61)64-43-29-55-22-19-32(43)20-23-55/h1-18,25-26,32,42-43,45,50,56-57H,19-24,27-30H2,(H,51,59)(H,53,58)(H,54,61)/t42-,43-,45-/m0/s1. The van der Waals surface area contributed by atoms with E-state index in [0.29, 0.717) is 46.0 Å². The molecule has 0 saturated carbocycles. The molecule has 2 bridgehead atoms. The highest BCUT2D eigenvalue weighted by atomic mass is 16.6. The Labute approximate surface area is 369 Å². The zero-order valence-electron chi connectivity index (χ0n) is 35.1. The quantitative estimate of drug-likeness (QED) is 0.0495. The van der Waals surface area contributed by atoms with Gasteiger partial charge in [-0.2, -0.15) is 0 Å². The number of rotatable bonds is 17. The first kappa shape index (κ1) is 43.6. The van der Waals surface area contributed by atoms with Crippen LogP contribution in [0.5, 0.6) is 11.5 Å². The number of nitrogens with zero attached hydrogens (tertiary/aromatic N) is 2. The van der Waals surface area contributed by atoms with E-state index < -0.39 is 24.2 Å². The minimum atomic E-state index is -0.925. The normalized spacial score (nSPS) is 17.5. The molecule has 64 heavy (non-hydrogen) atoms. The average Bonchev–Trinajstić information content (AvgIpc) is 3.32. The van der Waals surface area contributed by atoms with Gasteiger partial charge in [-0.15, -0.1) is 0 Å². The molecular formula is C49H50N6O9. The van der Waals surface area contributed by atoms with Crippen LogP contribution in [0.3, 0.4) is 0 Å². The van der Waals surface area contributed by atoms with E-state index in [1.807, 2.05) is 54.6 Å². The number of phenols is 1. The number of benzene rings is 4. The average molecular weight is 867 g/mol. The van der Waals surface area contributed by atoms with Gasteiger partial charge in [0.1, 0.15) is 30.8 Å². The number of amides is 2. The highest BCUT2D eigenvalue weighted by Gasteiger charge is 2.37. The highest BCUT2D eigenvalue weighted by Crippen LogP contribution is 2.31. The molecule has 6 N–H and O–H groups in total. The fourth-order valence-electron chi connectivity index (χ4n) is 8.18. The fourth-order valence-corrected chi connectivity index (χ4v) is 8.18. The van der Waals surface area contributed by atoms with E-state index in [9.17, 15) is 29.4 Å². The summed E-state index contributed by atoms with van der Waals surface area (Å²) in [6, 6.07) is 33.1. The van der Waals surface area contributed by atoms with Gasteiger partial charge in [0, 0.05) is 37.3 Å². The van der Waals surface area contributed by atoms with Crippen LogP contribution < -0.4 is 26.2 Å². The van der Waals surface area contributed by atoms with E-state index in [1.165, 1.54) is 18.3 Å². The Hall–Kier alpha value is -7.07. The minimum Gasteiger partial charge on any atom is -0.506 e. The van der Waals surface area contributed by atoms with Gasteiger partial charge in [-0.1, -0.05) is 60.7 Å². The number of aliphatic hydroxyl groups is 1. The molecule has 0 radical (unpaired) electrons. The van der Waals surface area contributed by atoms with E-state index in [4.69, 9.17) is 14.2 Å². The second-order valence-corrected chi connectivity index (χ2v) is 16.0. The summed E-state index contributed by atoms with van der Waals surface area (Å²) in [6.07, 6.45) is 2.08. The van der Waals surface area contributed by atoms with Crippen molar-refractivity contribution in [2.24, 2.45) is 5.92 Å². The lowest BCUT2D eigenvalue weighted by Crippen LogP contribution is -2.52. The number of aromatic hydroxyl groups is 1. The highest BCUT2D eigenvalue weighted by molar-refractivity contribution is 5.94. The molecule has 2 amide bonds. The topological polar surface area (TPSA) is 204 Å². The van der Waals surface area contributed by atoms with Crippen molar-refractivity contribution in [3.05, 3.63) is 171 Å². The van der Waals surface area contributed by atoms with Gasteiger partial charge in [0.2, 0.25) is 5.56 Å². The number of piperidine rings is 3. The van der Waals surface area contributed by atoms with Crippen LogP contribution in [0.4, 0.5) is 4.79 Å². The van der Waals surface area contributed by atoms with Crippen molar-refractivity contribution in [1.29, 1.82) is 0 Å². The first-order chi connectivity index (χ1) is 31.2. The maximum atomic E-state index is 13.2. The van der Waals surface area contributed by atoms with Gasteiger partial charge in [-0.3, -0.25) is 19.5 Å². The van der Waals surface area contributed by atoms with Crippen LogP contribution in [-0.2, 0) is 22.6 Å². The summed E-state index contributed by atoms with van der Waals surface area (Å²) in [6.45, 7) is 3.71. The molecule has 5 heterocycles. The third-order valence-corrected chi connectivity index (χ3v) is 11.7.